The van der Waals surface area contributed by atoms with Gasteiger partial charge in [0.05, 0.1) is 0 Å². The van der Waals surface area contributed by atoms with Gasteiger partial charge < -0.3 is 10.2 Å². The number of phenols is 1. The second-order valence-corrected chi connectivity index (χ2v) is 4.13. The number of carbonyl (C=O) groups is 1. The average molecular weight is 242 g/mol. The number of benzene rings is 2. The molecule has 0 aliphatic heterocycles. The number of Topliss-reactive ketones (excluding diaryl/α,β-unsaturated/α-hetero) is 1. The van der Waals surface area contributed by atoms with E-state index in [0.29, 0.717) is 11.1 Å². The Morgan fingerprint density at radius 3 is 2.44 bits per heavy atom. The molecule has 0 heterocycles. The molecule has 3 heteroatoms. The van der Waals surface area contributed by atoms with Gasteiger partial charge in [-0.25, -0.2) is 0 Å². The Labute approximate surface area is 105 Å². The molecule has 2 aromatic rings. The minimum atomic E-state index is -1.12. The van der Waals surface area contributed by atoms with Gasteiger partial charge in [-0.05, 0) is 23.3 Å². The number of phenolic OH excluding ortho intramolecular Hbond substituents is 1. The molecule has 0 saturated heterocycles. The van der Waals surface area contributed by atoms with Gasteiger partial charge in [0.1, 0.15) is 11.9 Å². The van der Waals surface area contributed by atoms with E-state index in [4.69, 9.17) is 0 Å². The maximum Gasteiger partial charge on any atom is 0.170 e. The van der Waals surface area contributed by atoms with Gasteiger partial charge in [0.15, 0.2) is 5.78 Å². The zero-order chi connectivity index (χ0) is 13.0. The third kappa shape index (κ3) is 2.96. The lowest BCUT2D eigenvalue weighted by molar-refractivity contribution is -0.126. The first-order chi connectivity index (χ1) is 8.66. The summed E-state index contributed by atoms with van der Waals surface area (Å²) in [5.41, 5.74) is 1.28. The molecule has 0 saturated carbocycles. The summed E-state index contributed by atoms with van der Waals surface area (Å²) in [6.07, 6.45) is -1.02. The van der Waals surface area contributed by atoms with Gasteiger partial charge in [-0.2, -0.15) is 0 Å². The number of aromatic hydroxyl groups is 1. The topological polar surface area (TPSA) is 57.5 Å². The average Bonchev–Trinajstić information content (AvgIpc) is 2.39. The predicted molar refractivity (Wildman–Crippen MR) is 68.2 cm³/mol. The van der Waals surface area contributed by atoms with E-state index < -0.39 is 6.10 Å². The van der Waals surface area contributed by atoms with Crippen LogP contribution in [0.1, 0.15) is 17.2 Å². The highest BCUT2D eigenvalue weighted by atomic mass is 16.3. The molecule has 3 nitrogen and oxygen atoms in total. The van der Waals surface area contributed by atoms with Crippen LogP contribution >= 0.6 is 0 Å². The lowest BCUT2D eigenvalue weighted by Gasteiger charge is -2.09. The third-order valence-corrected chi connectivity index (χ3v) is 2.71. The Hall–Kier alpha value is -2.13. The molecule has 0 aliphatic rings. The van der Waals surface area contributed by atoms with Crippen LogP contribution in [-0.2, 0) is 11.2 Å². The lowest BCUT2D eigenvalue weighted by Crippen LogP contribution is -2.14. The molecule has 18 heavy (non-hydrogen) atoms. The maximum absolute atomic E-state index is 11.9. The third-order valence-electron chi connectivity index (χ3n) is 2.71. The summed E-state index contributed by atoms with van der Waals surface area (Å²) >= 11 is 0. The van der Waals surface area contributed by atoms with Crippen LogP contribution in [0.4, 0.5) is 0 Å². The van der Waals surface area contributed by atoms with E-state index in [9.17, 15) is 15.0 Å². The standard InChI is InChI=1S/C15H14O3/c16-13-8-4-5-11(9-13)10-14(17)15(18)12-6-2-1-3-7-12/h1-9,15-16,18H,10H2. The van der Waals surface area contributed by atoms with Gasteiger partial charge in [-0.3, -0.25) is 4.79 Å². The summed E-state index contributed by atoms with van der Waals surface area (Å²) in [4.78, 5) is 11.9. The van der Waals surface area contributed by atoms with Gasteiger partial charge in [-0.1, -0.05) is 42.5 Å². The Balaban J connectivity index is 2.09. The largest absolute Gasteiger partial charge is 0.508 e. The van der Waals surface area contributed by atoms with E-state index in [-0.39, 0.29) is 18.0 Å². The first-order valence-corrected chi connectivity index (χ1v) is 5.70. The summed E-state index contributed by atoms with van der Waals surface area (Å²) in [6, 6.07) is 15.3. The molecule has 1 unspecified atom stereocenters. The van der Waals surface area contributed by atoms with Crippen LogP contribution in [-0.4, -0.2) is 16.0 Å². The molecular weight excluding hydrogens is 228 g/mol. The van der Waals surface area contributed by atoms with Gasteiger partial charge in [0.25, 0.3) is 0 Å². The van der Waals surface area contributed by atoms with E-state index in [1.807, 2.05) is 6.07 Å². The predicted octanol–water partition coefficient (Wildman–Crippen LogP) is 2.24. The smallest absolute Gasteiger partial charge is 0.170 e. The van der Waals surface area contributed by atoms with Crippen molar-refractivity contribution in [2.75, 3.05) is 0 Å². The highest BCUT2D eigenvalue weighted by Crippen LogP contribution is 2.17. The van der Waals surface area contributed by atoms with E-state index >= 15 is 0 Å². The van der Waals surface area contributed by atoms with Gasteiger partial charge in [0.2, 0.25) is 0 Å². The molecule has 0 fully saturated rings. The molecule has 0 bridgehead atoms. The Bertz CT molecular complexity index is 534. The van der Waals surface area contributed by atoms with Crippen molar-refractivity contribution in [3.63, 3.8) is 0 Å². The second kappa shape index (κ2) is 5.47. The van der Waals surface area contributed by atoms with Crippen molar-refractivity contribution >= 4 is 5.78 Å². The van der Waals surface area contributed by atoms with E-state index in [1.54, 1.807) is 42.5 Å². The fourth-order valence-corrected chi connectivity index (χ4v) is 1.79. The molecule has 2 rings (SSSR count). The molecule has 0 aliphatic carbocycles. The first-order valence-electron chi connectivity index (χ1n) is 5.70. The van der Waals surface area contributed by atoms with Crippen LogP contribution in [0.3, 0.4) is 0 Å². The molecule has 92 valence electrons. The first kappa shape index (κ1) is 12.3. The summed E-state index contributed by atoms with van der Waals surface area (Å²) in [7, 11) is 0. The maximum atomic E-state index is 11.9. The van der Waals surface area contributed by atoms with Crippen LogP contribution in [0.2, 0.25) is 0 Å². The van der Waals surface area contributed by atoms with E-state index in [2.05, 4.69) is 0 Å². The van der Waals surface area contributed by atoms with Gasteiger partial charge in [-0.15, -0.1) is 0 Å². The lowest BCUT2D eigenvalue weighted by atomic mass is 10.00. The number of rotatable bonds is 4. The molecule has 0 radical (unpaired) electrons. The second-order valence-electron chi connectivity index (χ2n) is 4.13. The monoisotopic (exact) mass is 242 g/mol. The van der Waals surface area contributed by atoms with Crippen molar-refractivity contribution in [3.05, 3.63) is 65.7 Å². The van der Waals surface area contributed by atoms with Crippen molar-refractivity contribution in [2.24, 2.45) is 0 Å². The van der Waals surface area contributed by atoms with Crippen molar-refractivity contribution < 1.29 is 15.0 Å². The zero-order valence-electron chi connectivity index (χ0n) is 9.78. The van der Waals surface area contributed by atoms with Crippen molar-refractivity contribution in [2.45, 2.75) is 12.5 Å². The number of aliphatic hydroxyl groups excluding tert-OH is 1. The quantitative estimate of drug-likeness (QED) is 0.864. The van der Waals surface area contributed by atoms with Crippen LogP contribution in [0.25, 0.3) is 0 Å². The van der Waals surface area contributed by atoms with E-state index in [0.717, 1.165) is 0 Å². The van der Waals surface area contributed by atoms with Crippen LogP contribution in [0.15, 0.2) is 54.6 Å². The highest BCUT2D eigenvalue weighted by Gasteiger charge is 2.17. The van der Waals surface area contributed by atoms with Crippen molar-refractivity contribution in [1.29, 1.82) is 0 Å². The van der Waals surface area contributed by atoms with Crippen LogP contribution in [0, 0.1) is 0 Å². The zero-order valence-corrected chi connectivity index (χ0v) is 9.78. The molecule has 2 aromatic carbocycles. The number of carbonyl (C=O) groups excluding carboxylic acids is 1. The summed E-state index contributed by atoms with van der Waals surface area (Å²) in [5, 5.41) is 19.2. The van der Waals surface area contributed by atoms with Gasteiger partial charge >= 0.3 is 0 Å². The molecule has 0 spiro atoms. The van der Waals surface area contributed by atoms with E-state index in [1.165, 1.54) is 6.07 Å². The molecule has 0 aromatic heterocycles. The molecule has 0 amide bonds. The Morgan fingerprint density at radius 2 is 1.78 bits per heavy atom. The highest BCUT2D eigenvalue weighted by molar-refractivity contribution is 5.86. The summed E-state index contributed by atoms with van der Waals surface area (Å²) < 4.78 is 0. The number of aliphatic hydroxyl groups is 1. The van der Waals surface area contributed by atoms with Crippen molar-refractivity contribution in [1.82, 2.24) is 0 Å². The number of hydrogen-bond acceptors (Lipinski definition) is 3. The Kier molecular flexibility index (Phi) is 3.75. The Morgan fingerprint density at radius 1 is 1.06 bits per heavy atom. The number of ketones is 1. The van der Waals surface area contributed by atoms with Crippen LogP contribution < -0.4 is 0 Å². The molecular formula is C15H14O3. The summed E-state index contributed by atoms with van der Waals surface area (Å²) in [5.74, 6) is -0.165. The molecule has 1 atom stereocenters. The SMILES string of the molecule is O=C(Cc1cccc(O)c1)C(O)c1ccccc1. The normalized spacial score (nSPS) is 12.1. The van der Waals surface area contributed by atoms with Gasteiger partial charge in [0, 0.05) is 6.42 Å². The fraction of sp³-hybridized carbons (Fsp3) is 0.133. The van der Waals surface area contributed by atoms with Crippen LogP contribution in [0.5, 0.6) is 5.75 Å². The molecule has 2 N–H and O–H groups in total. The number of hydrogen-bond donors (Lipinski definition) is 2. The summed E-state index contributed by atoms with van der Waals surface area (Å²) in [6.45, 7) is 0. The minimum absolute atomic E-state index is 0.102. The van der Waals surface area contributed by atoms with Crippen molar-refractivity contribution in [3.8, 4) is 5.75 Å². The fourth-order valence-electron chi connectivity index (χ4n) is 1.79. The minimum Gasteiger partial charge on any atom is -0.508 e.